The third-order valence-electron chi connectivity index (χ3n) is 6.63. The predicted octanol–water partition coefficient (Wildman–Crippen LogP) is 4.03. The molecule has 1 N–H and O–H groups in total. The quantitative estimate of drug-likeness (QED) is 0.272. The van der Waals surface area contributed by atoms with E-state index >= 15 is 0 Å². The van der Waals surface area contributed by atoms with Gasteiger partial charge in [0.05, 0.1) is 26.2 Å². The molecule has 0 heterocycles. The van der Waals surface area contributed by atoms with Gasteiger partial charge in [-0.2, -0.15) is 0 Å². The van der Waals surface area contributed by atoms with Gasteiger partial charge < -0.3 is 19.7 Å². The van der Waals surface area contributed by atoms with Gasteiger partial charge in [0.25, 0.3) is 0 Å². The SMILES string of the molecule is CCCCNC(=O)C(Cc1ccccc1)N(Cc1ccccc1)C(=O)CN(c1cc(OC)ccc1OC)S(C)(=O)=O. The van der Waals surface area contributed by atoms with Crippen molar-refractivity contribution in [2.75, 3.05) is 37.9 Å². The molecule has 9 nitrogen and oxygen atoms in total. The van der Waals surface area contributed by atoms with Gasteiger partial charge in [0, 0.05) is 25.6 Å². The summed E-state index contributed by atoms with van der Waals surface area (Å²) < 4.78 is 37.9. The van der Waals surface area contributed by atoms with Crippen molar-refractivity contribution < 1.29 is 27.5 Å². The van der Waals surface area contributed by atoms with Crippen molar-refractivity contribution in [3.63, 3.8) is 0 Å². The van der Waals surface area contributed by atoms with Crippen LogP contribution in [0, 0.1) is 0 Å². The van der Waals surface area contributed by atoms with Gasteiger partial charge >= 0.3 is 0 Å². The third kappa shape index (κ3) is 8.97. The number of methoxy groups -OCH3 is 2. The Morgan fingerprint density at radius 2 is 1.54 bits per heavy atom. The Labute approximate surface area is 243 Å². The molecule has 3 rings (SSSR count). The molecule has 0 spiro atoms. The van der Waals surface area contributed by atoms with E-state index in [9.17, 15) is 18.0 Å². The summed E-state index contributed by atoms with van der Waals surface area (Å²) in [6.07, 6.45) is 2.99. The molecule has 0 radical (unpaired) electrons. The molecular weight excluding hydrogens is 542 g/mol. The molecule has 0 fully saturated rings. The van der Waals surface area contributed by atoms with Crippen molar-refractivity contribution in [2.24, 2.45) is 0 Å². The number of amides is 2. The van der Waals surface area contributed by atoms with Crippen LogP contribution < -0.4 is 19.1 Å². The zero-order chi connectivity index (χ0) is 29.8. The molecule has 1 atom stereocenters. The van der Waals surface area contributed by atoms with Gasteiger partial charge in [0.2, 0.25) is 21.8 Å². The molecule has 0 saturated carbocycles. The number of unbranched alkanes of at least 4 members (excludes halogenated alkanes) is 1. The number of nitrogens with one attached hydrogen (secondary N) is 1. The number of carbonyl (C=O) groups is 2. The van der Waals surface area contributed by atoms with Gasteiger partial charge in [-0.05, 0) is 29.7 Å². The number of rotatable bonds is 15. The fraction of sp³-hybridized carbons (Fsp3) is 0.355. The zero-order valence-corrected chi connectivity index (χ0v) is 24.9. The Morgan fingerprint density at radius 1 is 0.902 bits per heavy atom. The standard InChI is InChI=1S/C31H39N3O6S/c1-5-6-19-32-31(36)28(20-24-13-9-7-10-14-24)33(22-25-15-11-8-12-16-25)30(35)23-34(41(4,37)38)27-21-26(39-2)17-18-29(27)40-3/h7-18,21,28H,5-6,19-20,22-23H2,1-4H3,(H,32,36). The summed E-state index contributed by atoms with van der Waals surface area (Å²) in [5.74, 6) is -0.163. The fourth-order valence-corrected chi connectivity index (χ4v) is 5.27. The van der Waals surface area contributed by atoms with Crippen LogP contribution in [0.2, 0.25) is 0 Å². The van der Waals surface area contributed by atoms with E-state index in [1.165, 1.54) is 25.2 Å². The number of nitrogens with zero attached hydrogens (tertiary/aromatic N) is 2. The average Bonchev–Trinajstić information content (AvgIpc) is 2.97. The van der Waals surface area contributed by atoms with Crippen molar-refractivity contribution in [3.8, 4) is 11.5 Å². The first-order valence-electron chi connectivity index (χ1n) is 13.5. The summed E-state index contributed by atoms with van der Waals surface area (Å²) in [5.41, 5.74) is 1.85. The maximum Gasteiger partial charge on any atom is 0.244 e. The number of hydrogen-bond donors (Lipinski definition) is 1. The molecule has 41 heavy (non-hydrogen) atoms. The van der Waals surface area contributed by atoms with E-state index in [4.69, 9.17) is 9.47 Å². The van der Waals surface area contributed by atoms with E-state index in [1.807, 2.05) is 67.6 Å². The van der Waals surface area contributed by atoms with Crippen molar-refractivity contribution in [3.05, 3.63) is 90.0 Å². The zero-order valence-electron chi connectivity index (χ0n) is 24.1. The van der Waals surface area contributed by atoms with E-state index in [0.29, 0.717) is 12.3 Å². The Balaban J connectivity index is 2.06. The smallest absolute Gasteiger partial charge is 0.244 e. The second-order valence-electron chi connectivity index (χ2n) is 9.66. The van der Waals surface area contributed by atoms with Crippen LogP contribution in [0.15, 0.2) is 78.9 Å². The summed E-state index contributed by atoms with van der Waals surface area (Å²) in [5, 5.41) is 2.97. The molecule has 0 aliphatic rings. The van der Waals surface area contributed by atoms with E-state index < -0.39 is 28.5 Å². The van der Waals surface area contributed by atoms with Crippen LogP contribution in [0.25, 0.3) is 0 Å². The Morgan fingerprint density at radius 3 is 2.10 bits per heavy atom. The lowest BCUT2D eigenvalue weighted by molar-refractivity contribution is -0.140. The second kappa shape index (κ2) is 15.1. The van der Waals surface area contributed by atoms with Crippen LogP contribution in [-0.4, -0.2) is 64.7 Å². The highest BCUT2D eigenvalue weighted by Gasteiger charge is 2.33. The number of benzene rings is 3. The van der Waals surface area contributed by atoms with Crippen molar-refractivity contribution in [1.29, 1.82) is 0 Å². The van der Waals surface area contributed by atoms with Gasteiger partial charge in [-0.3, -0.25) is 13.9 Å². The van der Waals surface area contributed by atoms with E-state index in [-0.39, 0.29) is 30.3 Å². The molecule has 3 aromatic carbocycles. The van der Waals surface area contributed by atoms with Crippen molar-refractivity contribution in [1.82, 2.24) is 10.2 Å². The Kier molecular flexibility index (Phi) is 11.6. The molecule has 3 aromatic rings. The highest BCUT2D eigenvalue weighted by Crippen LogP contribution is 2.34. The summed E-state index contributed by atoms with van der Waals surface area (Å²) in [7, 11) is -1.06. The summed E-state index contributed by atoms with van der Waals surface area (Å²) in [6.45, 7) is 2.09. The first kappa shape index (κ1) is 31.5. The Bertz CT molecular complexity index is 1380. The lowest BCUT2D eigenvalue weighted by atomic mass is 10.0. The lowest BCUT2D eigenvalue weighted by Gasteiger charge is -2.33. The lowest BCUT2D eigenvalue weighted by Crippen LogP contribution is -2.53. The monoisotopic (exact) mass is 581 g/mol. The molecule has 10 heteroatoms. The van der Waals surface area contributed by atoms with Gasteiger partial charge in [-0.25, -0.2) is 8.42 Å². The van der Waals surface area contributed by atoms with Crippen LogP contribution in [0.1, 0.15) is 30.9 Å². The summed E-state index contributed by atoms with van der Waals surface area (Å²) in [6, 6.07) is 22.6. The molecule has 0 aromatic heterocycles. The fourth-order valence-electron chi connectivity index (χ4n) is 4.43. The van der Waals surface area contributed by atoms with Crippen LogP contribution in [0.5, 0.6) is 11.5 Å². The molecule has 0 saturated heterocycles. The molecule has 2 amide bonds. The normalized spacial score (nSPS) is 11.8. The average molecular weight is 582 g/mol. The maximum absolute atomic E-state index is 14.2. The number of carbonyl (C=O) groups excluding carboxylic acids is 2. The van der Waals surface area contributed by atoms with E-state index in [2.05, 4.69) is 5.32 Å². The Hall–Kier alpha value is -4.05. The number of anilines is 1. The summed E-state index contributed by atoms with van der Waals surface area (Å²) >= 11 is 0. The van der Waals surface area contributed by atoms with Gasteiger partial charge in [0.1, 0.15) is 24.1 Å². The van der Waals surface area contributed by atoms with Gasteiger partial charge in [-0.15, -0.1) is 0 Å². The molecule has 0 bridgehead atoms. The number of sulfonamides is 1. The summed E-state index contributed by atoms with van der Waals surface area (Å²) in [4.78, 5) is 29.3. The predicted molar refractivity (Wildman–Crippen MR) is 161 cm³/mol. The van der Waals surface area contributed by atoms with Crippen molar-refractivity contribution in [2.45, 2.75) is 38.8 Å². The third-order valence-corrected chi connectivity index (χ3v) is 7.76. The van der Waals surface area contributed by atoms with E-state index in [1.54, 1.807) is 12.1 Å². The number of hydrogen-bond acceptors (Lipinski definition) is 6. The topological polar surface area (TPSA) is 105 Å². The molecule has 220 valence electrons. The largest absolute Gasteiger partial charge is 0.497 e. The van der Waals surface area contributed by atoms with Crippen LogP contribution in [0.4, 0.5) is 5.69 Å². The molecule has 1 unspecified atom stereocenters. The minimum Gasteiger partial charge on any atom is -0.497 e. The highest BCUT2D eigenvalue weighted by atomic mass is 32.2. The second-order valence-corrected chi connectivity index (χ2v) is 11.6. The maximum atomic E-state index is 14.2. The minimum atomic E-state index is -3.95. The van der Waals surface area contributed by atoms with E-state index in [0.717, 1.165) is 34.5 Å². The first-order valence-corrected chi connectivity index (χ1v) is 15.4. The number of ether oxygens (including phenoxy) is 2. The molecule has 0 aliphatic heterocycles. The first-order chi connectivity index (χ1) is 19.7. The minimum absolute atomic E-state index is 0.116. The van der Waals surface area contributed by atoms with Crippen LogP contribution >= 0.6 is 0 Å². The molecular formula is C31H39N3O6S. The van der Waals surface area contributed by atoms with Gasteiger partial charge in [0.15, 0.2) is 0 Å². The molecule has 0 aliphatic carbocycles. The van der Waals surface area contributed by atoms with Gasteiger partial charge in [-0.1, -0.05) is 74.0 Å². The van der Waals surface area contributed by atoms with Crippen molar-refractivity contribution >= 4 is 27.5 Å². The highest BCUT2D eigenvalue weighted by molar-refractivity contribution is 7.92. The van der Waals surface area contributed by atoms with Crippen LogP contribution in [-0.2, 0) is 32.6 Å². The van der Waals surface area contributed by atoms with Crippen LogP contribution in [0.3, 0.4) is 0 Å².